The van der Waals surface area contributed by atoms with Crippen LogP contribution in [0.25, 0.3) is 0 Å². The van der Waals surface area contributed by atoms with Gasteiger partial charge in [-0.2, -0.15) is 0 Å². The number of hydrogen-bond acceptors (Lipinski definition) is 3. The first-order valence-electron chi connectivity index (χ1n) is 9.92. The van der Waals surface area contributed by atoms with Crippen LogP contribution in [0.4, 0.5) is 4.39 Å². The van der Waals surface area contributed by atoms with Gasteiger partial charge < -0.3 is 10.1 Å². The van der Waals surface area contributed by atoms with Crippen molar-refractivity contribution in [2.75, 3.05) is 14.2 Å². The number of amides is 1. The molecule has 3 rings (SSSR count). The van der Waals surface area contributed by atoms with Gasteiger partial charge in [-0.1, -0.05) is 66.7 Å². The van der Waals surface area contributed by atoms with E-state index in [9.17, 15) is 9.18 Å². The summed E-state index contributed by atoms with van der Waals surface area (Å²) in [6.45, 7) is 2.29. The Morgan fingerprint density at radius 1 is 1.00 bits per heavy atom. The molecule has 0 bridgehead atoms. The number of carbonyl (C=O) groups is 1. The zero-order valence-electron chi connectivity index (χ0n) is 17.5. The van der Waals surface area contributed by atoms with Gasteiger partial charge in [0.05, 0.1) is 19.2 Å². The number of halogens is 1. The average molecular weight is 407 g/mol. The van der Waals surface area contributed by atoms with Crippen molar-refractivity contribution in [3.8, 4) is 5.75 Å². The van der Waals surface area contributed by atoms with Crippen molar-refractivity contribution in [2.24, 2.45) is 0 Å². The molecule has 0 radical (unpaired) electrons. The minimum absolute atomic E-state index is 0.0933. The van der Waals surface area contributed by atoms with Crippen molar-refractivity contribution in [1.82, 2.24) is 10.2 Å². The van der Waals surface area contributed by atoms with E-state index in [4.69, 9.17) is 4.74 Å². The van der Waals surface area contributed by atoms with Gasteiger partial charge in [0.1, 0.15) is 0 Å². The van der Waals surface area contributed by atoms with Gasteiger partial charge in [0.2, 0.25) is 5.91 Å². The van der Waals surface area contributed by atoms with Crippen molar-refractivity contribution in [3.63, 3.8) is 0 Å². The highest BCUT2D eigenvalue weighted by molar-refractivity contribution is 5.82. The summed E-state index contributed by atoms with van der Waals surface area (Å²) in [5.41, 5.74) is 2.81. The molecule has 3 aromatic carbocycles. The minimum Gasteiger partial charge on any atom is -0.494 e. The lowest BCUT2D eigenvalue weighted by atomic mass is 9.98. The van der Waals surface area contributed by atoms with Gasteiger partial charge in [-0.15, -0.1) is 0 Å². The number of nitrogens with zero attached hydrogens (tertiary/aromatic N) is 1. The second-order valence-electron chi connectivity index (χ2n) is 7.32. The number of carbonyl (C=O) groups excluding carboxylic acids is 1. The van der Waals surface area contributed by atoms with Crippen LogP contribution in [0, 0.1) is 5.82 Å². The van der Waals surface area contributed by atoms with E-state index in [2.05, 4.69) is 5.32 Å². The molecule has 0 aliphatic carbocycles. The molecule has 0 aliphatic rings. The minimum atomic E-state index is -0.409. The van der Waals surface area contributed by atoms with Gasteiger partial charge in [-0.3, -0.25) is 9.69 Å². The number of methoxy groups -OCH3 is 1. The molecule has 0 spiro atoms. The third-order valence-electron chi connectivity index (χ3n) is 5.24. The van der Waals surface area contributed by atoms with Crippen LogP contribution in [0.1, 0.15) is 29.7 Å². The van der Waals surface area contributed by atoms with E-state index in [0.29, 0.717) is 6.54 Å². The van der Waals surface area contributed by atoms with Crippen LogP contribution in [0.5, 0.6) is 5.75 Å². The lowest BCUT2D eigenvalue weighted by molar-refractivity contribution is -0.126. The highest BCUT2D eigenvalue weighted by atomic mass is 19.1. The van der Waals surface area contributed by atoms with Gasteiger partial charge >= 0.3 is 0 Å². The molecule has 0 saturated heterocycles. The SMILES string of the molecule is COc1ccc(CN(C)[C@H](C)C(=O)NC(c2ccccc2)c2ccccc2)cc1F. The molecule has 156 valence electrons. The first-order chi connectivity index (χ1) is 14.5. The molecule has 0 aliphatic heterocycles. The van der Waals surface area contributed by atoms with Crippen molar-refractivity contribution in [1.29, 1.82) is 0 Å². The third-order valence-corrected chi connectivity index (χ3v) is 5.24. The molecule has 1 amide bonds. The zero-order chi connectivity index (χ0) is 21.5. The Hall–Kier alpha value is -3.18. The van der Waals surface area contributed by atoms with Gasteiger partial charge in [-0.05, 0) is 42.8 Å². The first-order valence-corrected chi connectivity index (χ1v) is 9.92. The largest absolute Gasteiger partial charge is 0.494 e. The van der Waals surface area contributed by atoms with Crippen molar-refractivity contribution in [3.05, 3.63) is 101 Å². The van der Waals surface area contributed by atoms with Gasteiger partial charge in [0.15, 0.2) is 11.6 Å². The Morgan fingerprint density at radius 3 is 2.07 bits per heavy atom. The van der Waals surface area contributed by atoms with E-state index in [1.165, 1.54) is 13.2 Å². The molecular weight excluding hydrogens is 379 g/mol. The second-order valence-corrected chi connectivity index (χ2v) is 7.32. The van der Waals surface area contributed by atoms with Crippen LogP contribution in [-0.4, -0.2) is 31.0 Å². The maximum atomic E-state index is 14.0. The number of hydrogen-bond donors (Lipinski definition) is 1. The van der Waals surface area contributed by atoms with Gasteiger partial charge in [-0.25, -0.2) is 4.39 Å². The summed E-state index contributed by atoms with van der Waals surface area (Å²) < 4.78 is 19.0. The Balaban J connectivity index is 1.72. The van der Waals surface area contributed by atoms with E-state index in [1.807, 2.05) is 79.5 Å². The Morgan fingerprint density at radius 2 is 1.57 bits per heavy atom. The van der Waals surface area contributed by atoms with E-state index >= 15 is 0 Å². The third kappa shape index (κ3) is 5.24. The van der Waals surface area contributed by atoms with E-state index in [1.54, 1.807) is 12.1 Å². The maximum absolute atomic E-state index is 14.0. The predicted molar refractivity (Wildman–Crippen MR) is 117 cm³/mol. The number of ether oxygens (including phenoxy) is 1. The molecule has 0 fully saturated rings. The average Bonchev–Trinajstić information content (AvgIpc) is 2.78. The Labute approximate surface area is 177 Å². The Kier molecular flexibility index (Phi) is 7.20. The summed E-state index contributed by atoms with van der Waals surface area (Å²) in [5, 5.41) is 3.17. The lowest BCUT2D eigenvalue weighted by Crippen LogP contribution is -2.44. The maximum Gasteiger partial charge on any atom is 0.237 e. The summed E-state index contributed by atoms with van der Waals surface area (Å²) >= 11 is 0. The molecule has 5 heteroatoms. The molecule has 0 heterocycles. The van der Waals surface area contributed by atoms with Gasteiger partial charge in [0.25, 0.3) is 0 Å². The molecule has 3 aromatic rings. The van der Waals surface area contributed by atoms with Gasteiger partial charge in [0, 0.05) is 6.54 Å². The molecule has 0 unspecified atom stereocenters. The number of benzene rings is 3. The summed E-state index contributed by atoms with van der Waals surface area (Å²) in [4.78, 5) is 14.9. The number of nitrogens with one attached hydrogen (secondary N) is 1. The van der Waals surface area contributed by atoms with Crippen molar-refractivity contribution in [2.45, 2.75) is 25.6 Å². The predicted octanol–water partition coefficient (Wildman–Crippen LogP) is 4.56. The monoisotopic (exact) mass is 406 g/mol. The normalized spacial score (nSPS) is 12.1. The number of likely N-dealkylation sites (N-methyl/N-ethyl adjacent to an activating group) is 1. The molecule has 0 saturated carbocycles. The molecule has 1 N–H and O–H groups in total. The van der Waals surface area contributed by atoms with Crippen LogP contribution < -0.4 is 10.1 Å². The van der Waals surface area contributed by atoms with Crippen molar-refractivity contribution >= 4 is 5.91 Å². The van der Waals surface area contributed by atoms with E-state index < -0.39 is 11.9 Å². The van der Waals surface area contributed by atoms with E-state index in [-0.39, 0.29) is 17.7 Å². The molecule has 4 nitrogen and oxygen atoms in total. The topological polar surface area (TPSA) is 41.6 Å². The van der Waals surface area contributed by atoms with Crippen LogP contribution in [0.3, 0.4) is 0 Å². The summed E-state index contributed by atoms with van der Waals surface area (Å²) in [5.74, 6) is -0.293. The highest BCUT2D eigenvalue weighted by Crippen LogP contribution is 2.23. The molecule has 30 heavy (non-hydrogen) atoms. The summed E-state index contributed by atoms with van der Waals surface area (Å²) in [6.07, 6.45) is 0. The lowest BCUT2D eigenvalue weighted by Gasteiger charge is -2.27. The van der Waals surface area contributed by atoms with Crippen LogP contribution >= 0.6 is 0 Å². The van der Waals surface area contributed by atoms with E-state index in [0.717, 1.165) is 16.7 Å². The summed E-state index contributed by atoms with van der Waals surface area (Å²) in [6, 6.07) is 24.0. The summed E-state index contributed by atoms with van der Waals surface area (Å²) in [7, 11) is 3.29. The van der Waals surface area contributed by atoms with Crippen LogP contribution in [-0.2, 0) is 11.3 Å². The standard InChI is InChI=1S/C25H27FN2O2/c1-18(28(2)17-19-14-15-23(30-3)22(26)16-19)25(29)27-24(20-10-6-4-7-11-20)21-12-8-5-9-13-21/h4-16,18,24H,17H2,1-3H3,(H,27,29)/t18-/m1/s1. The quantitative estimate of drug-likeness (QED) is 0.596. The zero-order valence-corrected chi connectivity index (χ0v) is 17.5. The Bertz CT molecular complexity index is 924. The number of rotatable bonds is 8. The molecule has 1 atom stereocenters. The second kappa shape index (κ2) is 10.0. The fraction of sp³-hybridized carbons (Fsp3) is 0.240. The molecular formula is C25H27FN2O2. The first kappa shape index (κ1) is 21.5. The fourth-order valence-corrected chi connectivity index (χ4v) is 3.35. The fourth-order valence-electron chi connectivity index (χ4n) is 3.35. The molecule has 0 aromatic heterocycles. The smallest absolute Gasteiger partial charge is 0.237 e. The van der Waals surface area contributed by atoms with Crippen LogP contribution in [0.15, 0.2) is 78.9 Å². The van der Waals surface area contributed by atoms with Crippen molar-refractivity contribution < 1.29 is 13.9 Å². The highest BCUT2D eigenvalue weighted by Gasteiger charge is 2.23. The van der Waals surface area contributed by atoms with Crippen LogP contribution in [0.2, 0.25) is 0 Å².